The SMILES string of the molecule is O=C([C@@H]1C[C@@H](O)CN1)N1CCc2[nH]nc(-c3ccc(F)c(F)c3)c2C1. The maximum atomic E-state index is 13.5. The van der Waals surface area contributed by atoms with Crippen molar-refractivity contribution < 1.29 is 18.7 Å². The molecule has 0 unspecified atom stereocenters. The lowest BCUT2D eigenvalue weighted by Gasteiger charge is -2.29. The Morgan fingerprint density at radius 2 is 2.16 bits per heavy atom. The third-order valence-corrected chi connectivity index (χ3v) is 4.84. The van der Waals surface area contributed by atoms with Gasteiger partial charge in [-0.25, -0.2) is 8.78 Å². The number of β-amino-alcohol motifs (C(OH)–C–C–N with tert-alkyl or cyclic N) is 1. The molecule has 1 fully saturated rings. The Balaban J connectivity index is 1.59. The molecule has 3 N–H and O–H groups in total. The second-order valence-corrected chi connectivity index (χ2v) is 6.52. The van der Waals surface area contributed by atoms with Gasteiger partial charge in [-0.05, 0) is 24.6 Å². The molecule has 8 heteroatoms. The summed E-state index contributed by atoms with van der Waals surface area (Å²) in [7, 11) is 0. The van der Waals surface area contributed by atoms with Gasteiger partial charge in [-0.2, -0.15) is 5.10 Å². The molecule has 0 bridgehead atoms. The summed E-state index contributed by atoms with van der Waals surface area (Å²) in [5.41, 5.74) is 2.73. The summed E-state index contributed by atoms with van der Waals surface area (Å²) in [6, 6.07) is 3.28. The predicted octanol–water partition coefficient (Wildman–Crippen LogP) is 0.962. The molecule has 1 aromatic heterocycles. The van der Waals surface area contributed by atoms with Gasteiger partial charge in [0.2, 0.25) is 5.91 Å². The van der Waals surface area contributed by atoms with E-state index in [1.807, 2.05) is 0 Å². The first-order chi connectivity index (χ1) is 12.0. The van der Waals surface area contributed by atoms with E-state index < -0.39 is 17.7 Å². The molecule has 1 aromatic carbocycles. The van der Waals surface area contributed by atoms with E-state index in [0.717, 1.165) is 23.4 Å². The van der Waals surface area contributed by atoms with Gasteiger partial charge in [-0.15, -0.1) is 0 Å². The van der Waals surface area contributed by atoms with E-state index in [9.17, 15) is 18.7 Å². The fraction of sp³-hybridized carbons (Fsp3) is 0.412. The molecule has 2 atom stereocenters. The number of carbonyl (C=O) groups excluding carboxylic acids is 1. The van der Waals surface area contributed by atoms with E-state index in [1.54, 1.807) is 4.90 Å². The minimum Gasteiger partial charge on any atom is -0.392 e. The van der Waals surface area contributed by atoms with Crippen molar-refractivity contribution in [2.75, 3.05) is 13.1 Å². The van der Waals surface area contributed by atoms with Crippen LogP contribution in [0.1, 0.15) is 17.7 Å². The van der Waals surface area contributed by atoms with Crippen molar-refractivity contribution in [2.24, 2.45) is 0 Å². The molecule has 0 radical (unpaired) electrons. The lowest BCUT2D eigenvalue weighted by molar-refractivity contribution is -0.134. The summed E-state index contributed by atoms with van der Waals surface area (Å²) in [5.74, 6) is -1.89. The van der Waals surface area contributed by atoms with Crippen LogP contribution in [0.5, 0.6) is 0 Å². The number of aliphatic hydroxyl groups is 1. The Morgan fingerprint density at radius 3 is 2.88 bits per heavy atom. The number of amides is 1. The predicted molar refractivity (Wildman–Crippen MR) is 85.5 cm³/mol. The highest BCUT2D eigenvalue weighted by Gasteiger charge is 2.34. The topological polar surface area (TPSA) is 81.2 Å². The molecule has 6 nitrogen and oxygen atoms in total. The van der Waals surface area contributed by atoms with E-state index in [2.05, 4.69) is 15.5 Å². The second kappa shape index (κ2) is 6.20. The van der Waals surface area contributed by atoms with Crippen molar-refractivity contribution in [1.82, 2.24) is 20.4 Å². The lowest BCUT2D eigenvalue weighted by Crippen LogP contribution is -2.45. The summed E-state index contributed by atoms with van der Waals surface area (Å²) in [6.07, 6.45) is 0.525. The molecule has 1 saturated heterocycles. The Labute approximate surface area is 142 Å². The maximum absolute atomic E-state index is 13.5. The van der Waals surface area contributed by atoms with E-state index in [1.165, 1.54) is 6.07 Å². The molecule has 2 aliphatic heterocycles. The third-order valence-electron chi connectivity index (χ3n) is 4.84. The molecule has 0 saturated carbocycles. The first-order valence-electron chi connectivity index (χ1n) is 8.24. The number of carbonyl (C=O) groups is 1. The lowest BCUT2D eigenvalue weighted by atomic mass is 10.00. The van der Waals surface area contributed by atoms with Gasteiger partial charge >= 0.3 is 0 Å². The molecule has 2 aromatic rings. The second-order valence-electron chi connectivity index (χ2n) is 6.52. The molecular weight excluding hydrogens is 330 g/mol. The number of hydrogen-bond acceptors (Lipinski definition) is 4. The molecule has 0 aliphatic carbocycles. The van der Waals surface area contributed by atoms with Gasteiger partial charge in [0.25, 0.3) is 0 Å². The van der Waals surface area contributed by atoms with Gasteiger partial charge in [-0.3, -0.25) is 9.89 Å². The van der Waals surface area contributed by atoms with Crippen LogP contribution in [-0.4, -0.2) is 51.3 Å². The van der Waals surface area contributed by atoms with Gasteiger partial charge < -0.3 is 15.3 Å². The number of nitrogens with zero attached hydrogens (tertiary/aromatic N) is 2. The molecule has 132 valence electrons. The van der Waals surface area contributed by atoms with Gasteiger partial charge in [-0.1, -0.05) is 0 Å². The first-order valence-corrected chi connectivity index (χ1v) is 8.24. The van der Waals surface area contributed by atoms with Crippen molar-refractivity contribution >= 4 is 5.91 Å². The standard InChI is InChI=1S/C17H18F2N4O2/c18-12-2-1-9(5-13(12)19)16-11-8-23(4-3-14(11)21-22-16)17(25)15-6-10(24)7-20-15/h1-2,5,10,15,20,24H,3-4,6-8H2,(H,21,22)/t10-,15+/m1/s1. The summed E-state index contributed by atoms with van der Waals surface area (Å²) in [6.45, 7) is 1.33. The molecule has 4 rings (SSSR count). The number of fused-ring (bicyclic) bond motifs is 1. The number of halogens is 2. The van der Waals surface area contributed by atoms with Crippen LogP contribution in [-0.2, 0) is 17.8 Å². The van der Waals surface area contributed by atoms with Gasteiger partial charge in [0.05, 0.1) is 17.8 Å². The number of rotatable bonds is 2. The molecule has 3 heterocycles. The Kier molecular flexibility index (Phi) is 4.01. The van der Waals surface area contributed by atoms with Crippen LogP contribution in [0.25, 0.3) is 11.3 Å². The molecule has 0 spiro atoms. The fourth-order valence-electron chi connectivity index (χ4n) is 3.49. The van der Waals surface area contributed by atoms with Crippen LogP contribution in [0, 0.1) is 11.6 Å². The van der Waals surface area contributed by atoms with E-state index in [4.69, 9.17) is 0 Å². The molecule has 1 amide bonds. The third kappa shape index (κ3) is 2.91. The maximum Gasteiger partial charge on any atom is 0.240 e. The Morgan fingerprint density at radius 1 is 1.32 bits per heavy atom. The smallest absolute Gasteiger partial charge is 0.240 e. The minimum absolute atomic E-state index is 0.0559. The number of nitrogens with one attached hydrogen (secondary N) is 2. The number of aromatic amines is 1. The van der Waals surface area contributed by atoms with Crippen molar-refractivity contribution in [3.05, 3.63) is 41.1 Å². The summed E-state index contributed by atoms with van der Waals surface area (Å²) < 4.78 is 26.7. The molecule has 2 aliphatic rings. The Hall–Kier alpha value is -2.32. The monoisotopic (exact) mass is 348 g/mol. The van der Waals surface area contributed by atoms with Crippen LogP contribution >= 0.6 is 0 Å². The van der Waals surface area contributed by atoms with Gasteiger partial charge in [0.15, 0.2) is 11.6 Å². The summed E-state index contributed by atoms with van der Waals surface area (Å²) in [4.78, 5) is 14.4. The van der Waals surface area contributed by atoms with E-state index >= 15 is 0 Å². The normalized spacial score (nSPS) is 22.9. The molecular formula is C17H18F2N4O2. The van der Waals surface area contributed by atoms with Crippen molar-refractivity contribution in [3.63, 3.8) is 0 Å². The van der Waals surface area contributed by atoms with Crippen LogP contribution in [0.2, 0.25) is 0 Å². The number of aromatic nitrogens is 2. The van der Waals surface area contributed by atoms with Gasteiger partial charge in [0.1, 0.15) is 0 Å². The highest BCUT2D eigenvalue weighted by atomic mass is 19.2. The first kappa shape index (κ1) is 16.2. The van der Waals surface area contributed by atoms with E-state index in [0.29, 0.717) is 43.7 Å². The van der Waals surface area contributed by atoms with E-state index in [-0.39, 0.29) is 11.9 Å². The van der Waals surface area contributed by atoms with Crippen LogP contribution in [0.15, 0.2) is 18.2 Å². The zero-order valence-electron chi connectivity index (χ0n) is 13.4. The average Bonchev–Trinajstić information content (AvgIpc) is 3.22. The number of benzene rings is 1. The Bertz CT molecular complexity index is 823. The van der Waals surface area contributed by atoms with Crippen LogP contribution in [0.4, 0.5) is 8.78 Å². The zero-order chi connectivity index (χ0) is 17.6. The van der Waals surface area contributed by atoms with Crippen LogP contribution in [0.3, 0.4) is 0 Å². The fourth-order valence-corrected chi connectivity index (χ4v) is 3.49. The van der Waals surface area contributed by atoms with Crippen LogP contribution < -0.4 is 5.32 Å². The van der Waals surface area contributed by atoms with Gasteiger partial charge in [0, 0.05) is 42.9 Å². The molecule has 25 heavy (non-hydrogen) atoms. The van der Waals surface area contributed by atoms with Crippen molar-refractivity contribution in [1.29, 1.82) is 0 Å². The number of hydrogen-bond donors (Lipinski definition) is 3. The highest BCUT2D eigenvalue weighted by Crippen LogP contribution is 2.29. The number of aliphatic hydroxyl groups excluding tert-OH is 1. The van der Waals surface area contributed by atoms with Crippen molar-refractivity contribution in [2.45, 2.75) is 31.5 Å². The summed E-state index contributed by atoms with van der Waals surface area (Å²) >= 11 is 0. The largest absolute Gasteiger partial charge is 0.392 e. The minimum atomic E-state index is -0.929. The number of H-pyrrole nitrogens is 1. The quantitative estimate of drug-likeness (QED) is 0.755. The highest BCUT2D eigenvalue weighted by molar-refractivity contribution is 5.83. The average molecular weight is 348 g/mol. The summed E-state index contributed by atoms with van der Waals surface area (Å²) in [5, 5.41) is 19.8. The van der Waals surface area contributed by atoms with Crippen molar-refractivity contribution in [3.8, 4) is 11.3 Å². The zero-order valence-corrected chi connectivity index (χ0v) is 13.4.